The number of aryl methyl sites for hydroxylation is 3. The van der Waals surface area contributed by atoms with Crippen LogP contribution in [0.5, 0.6) is 0 Å². The van der Waals surface area contributed by atoms with E-state index in [0.29, 0.717) is 29.1 Å². The largest absolute Gasteiger partial charge is 0.433 e. The van der Waals surface area contributed by atoms with E-state index >= 15 is 0 Å². The van der Waals surface area contributed by atoms with E-state index in [1.807, 2.05) is 6.92 Å². The van der Waals surface area contributed by atoms with Gasteiger partial charge in [-0.3, -0.25) is 19.0 Å². The van der Waals surface area contributed by atoms with Crippen LogP contribution >= 0.6 is 22.9 Å². The third kappa shape index (κ3) is 4.01. The third-order valence-corrected chi connectivity index (χ3v) is 6.46. The molecule has 0 aliphatic rings. The van der Waals surface area contributed by atoms with Gasteiger partial charge in [0.15, 0.2) is 0 Å². The van der Waals surface area contributed by atoms with Gasteiger partial charge in [0.25, 0.3) is 11.8 Å². The minimum atomic E-state index is -4.75. The number of rotatable bonds is 5. The number of amides is 2. The number of carbonyl (C=O) groups excluding carboxylic acids is 2. The first-order valence-corrected chi connectivity index (χ1v) is 11.0. The van der Waals surface area contributed by atoms with Crippen molar-refractivity contribution in [2.75, 3.05) is 5.32 Å². The Kier molecular flexibility index (Phi) is 5.85. The van der Waals surface area contributed by atoms with Gasteiger partial charge in [-0.05, 0) is 25.5 Å². The highest BCUT2D eigenvalue weighted by Crippen LogP contribution is 2.44. The number of aromatic nitrogens is 5. The average Bonchev–Trinajstić information content (AvgIpc) is 3.41. The molecule has 0 fully saturated rings. The fraction of sp³-hybridized carbons (Fsp3) is 0.250. The van der Waals surface area contributed by atoms with E-state index in [0.717, 1.165) is 6.07 Å². The number of anilines is 1. The SMILES string of the molecule is CCn1cc(-c2cc(C(F)(F)F)nc3sc(C(N)=O)c(NC(=O)c4c(Cl)cnn4C)c23)c(C)n1. The predicted molar refractivity (Wildman–Crippen MR) is 121 cm³/mol. The Morgan fingerprint density at radius 2 is 2.00 bits per heavy atom. The number of fused-ring (bicyclic) bond motifs is 1. The molecule has 0 aliphatic carbocycles. The first kappa shape index (κ1) is 23.7. The standard InChI is InChI=1S/C20H17ClF3N7O2S/c1-4-31-7-10(8(2)29-31)9-5-12(20(22,23)24)27-19-13(9)14(16(34-19)17(25)32)28-18(33)15-11(21)6-26-30(15)3/h5-7H,4H2,1-3H3,(H2,25,32)(H,28,33). The zero-order valence-electron chi connectivity index (χ0n) is 18.0. The lowest BCUT2D eigenvalue weighted by atomic mass is 10.0. The molecule has 0 spiro atoms. The van der Waals surface area contributed by atoms with Crippen molar-refractivity contribution in [1.82, 2.24) is 24.5 Å². The highest BCUT2D eigenvalue weighted by molar-refractivity contribution is 7.21. The lowest BCUT2D eigenvalue weighted by molar-refractivity contribution is -0.140. The van der Waals surface area contributed by atoms with Gasteiger partial charge in [-0.2, -0.15) is 23.4 Å². The lowest BCUT2D eigenvalue weighted by Crippen LogP contribution is -2.19. The molecule has 178 valence electrons. The molecule has 0 aliphatic heterocycles. The number of hydrogen-bond donors (Lipinski definition) is 2. The van der Waals surface area contributed by atoms with Crippen LogP contribution in [0.3, 0.4) is 0 Å². The van der Waals surface area contributed by atoms with Gasteiger partial charge in [-0.15, -0.1) is 11.3 Å². The summed E-state index contributed by atoms with van der Waals surface area (Å²) in [6.07, 6.45) is -1.89. The van der Waals surface area contributed by atoms with Gasteiger partial charge < -0.3 is 11.1 Å². The number of thiophene rings is 1. The Balaban J connectivity index is 2.03. The normalized spacial score (nSPS) is 11.9. The van der Waals surface area contributed by atoms with E-state index in [1.54, 1.807) is 17.8 Å². The minimum absolute atomic E-state index is 0.00663. The molecule has 0 bridgehead atoms. The van der Waals surface area contributed by atoms with E-state index in [4.69, 9.17) is 17.3 Å². The van der Waals surface area contributed by atoms with Crippen molar-refractivity contribution in [1.29, 1.82) is 0 Å². The maximum atomic E-state index is 13.7. The second kappa shape index (κ2) is 8.40. The summed E-state index contributed by atoms with van der Waals surface area (Å²) in [5.41, 5.74) is 5.25. The monoisotopic (exact) mass is 511 g/mol. The van der Waals surface area contributed by atoms with Crippen molar-refractivity contribution in [2.45, 2.75) is 26.6 Å². The maximum Gasteiger partial charge on any atom is 0.433 e. The second-order valence-electron chi connectivity index (χ2n) is 7.31. The van der Waals surface area contributed by atoms with Crippen molar-refractivity contribution in [3.05, 3.63) is 45.4 Å². The second-order valence-corrected chi connectivity index (χ2v) is 8.71. The molecule has 3 N–H and O–H groups in total. The topological polar surface area (TPSA) is 121 Å². The molecular weight excluding hydrogens is 495 g/mol. The molecule has 4 aromatic heterocycles. The Hall–Kier alpha value is -3.45. The first-order chi connectivity index (χ1) is 15.9. The summed E-state index contributed by atoms with van der Waals surface area (Å²) in [6.45, 7) is 3.97. The predicted octanol–water partition coefficient (Wildman–Crippen LogP) is 4.25. The van der Waals surface area contributed by atoms with Crippen LogP contribution in [0.1, 0.15) is 38.5 Å². The Morgan fingerprint density at radius 1 is 1.29 bits per heavy atom. The van der Waals surface area contributed by atoms with Gasteiger partial charge >= 0.3 is 6.18 Å². The molecule has 4 aromatic rings. The summed E-state index contributed by atoms with van der Waals surface area (Å²) in [5.74, 6) is -1.66. The first-order valence-electron chi connectivity index (χ1n) is 9.80. The molecule has 34 heavy (non-hydrogen) atoms. The van der Waals surface area contributed by atoms with Crippen LogP contribution in [0.2, 0.25) is 5.02 Å². The van der Waals surface area contributed by atoms with Crippen LogP contribution < -0.4 is 11.1 Å². The molecule has 0 saturated heterocycles. The number of nitrogens with two attached hydrogens (primary N) is 1. The van der Waals surface area contributed by atoms with Gasteiger partial charge in [0.2, 0.25) is 0 Å². The Labute approximate surface area is 199 Å². The van der Waals surface area contributed by atoms with Crippen LogP contribution in [0.15, 0.2) is 18.5 Å². The molecule has 0 unspecified atom stereocenters. The number of halogens is 4. The van der Waals surface area contributed by atoms with E-state index < -0.39 is 23.7 Å². The molecular formula is C20H17ClF3N7O2S. The van der Waals surface area contributed by atoms with Crippen molar-refractivity contribution >= 4 is 50.7 Å². The van der Waals surface area contributed by atoms with Crippen molar-refractivity contribution < 1.29 is 22.8 Å². The Morgan fingerprint density at radius 3 is 2.53 bits per heavy atom. The van der Waals surface area contributed by atoms with E-state index in [2.05, 4.69) is 20.5 Å². The number of nitrogens with one attached hydrogen (secondary N) is 1. The summed E-state index contributed by atoms with van der Waals surface area (Å²) in [7, 11) is 1.49. The molecule has 0 atom stereocenters. The van der Waals surface area contributed by atoms with Crippen LogP contribution in [-0.2, 0) is 19.8 Å². The van der Waals surface area contributed by atoms with Crippen LogP contribution in [0.4, 0.5) is 18.9 Å². The third-order valence-electron chi connectivity index (χ3n) is 5.08. The zero-order valence-corrected chi connectivity index (χ0v) is 19.6. The molecule has 9 nitrogen and oxygen atoms in total. The Bertz CT molecular complexity index is 1440. The van der Waals surface area contributed by atoms with Gasteiger partial charge in [0, 0.05) is 30.7 Å². The number of primary amides is 1. The van der Waals surface area contributed by atoms with Gasteiger partial charge in [-0.25, -0.2) is 4.98 Å². The molecule has 0 saturated carbocycles. The zero-order chi connectivity index (χ0) is 24.9. The number of alkyl halides is 3. The summed E-state index contributed by atoms with van der Waals surface area (Å²) < 4.78 is 43.8. The number of nitrogens with zero attached hydrogens (tertiary/aromatic N) is 5. The van der Waals surface area contributed by atoms with Gasteiger partial charge in [0.1, 0.15) is 21.1 Å². The van der Waals surface area contributed by atoms with Crippen molar-refractivity contribution in [3.8, 4) is 11.1 Å². The summed E-state index contributed by atoms with van der Waals surface area (Å²) in [5, 5.41) is 11.0. The quantitative estimate of drug-likeness (QED) is 0.415. The highest BCUT2D eigenvalue weighted by Gasteiger charge is 2.35. The highest BCUT2D eigenvalue weighted by atomic mass is 35.5. The van der Waals surface area contributed by atoms with Crippen LogP contribution in [0, 0.1) is 6.92 Å². The average molecular weight is 512 g/mol. The van der Waals surface area contributed by atoms with Gasteiger partial charge in [-0.1, -0.05) is 11.6 Å². The summed E-state index contributed by atoms with van der Waals surface area (Å²) >= 11 is 6.71. The lowest BCUT2D eigenvalue weighted by Gasteiger charge is -2.12. The molecule has 4 heterocycles. The molecule has 14 heteroatoms. The molecule has 0 aromatic carbocycles. The van der Waals surface area contributed by atoms with Crippen LogP contribution in [-0.4, -0.2) is 36.4 Å². The van der Waals surface area contributed by atoms with Crippen molar-refractivity contribution in [2.24, 2.45) is 12.8 Å². The van der Waals surface area contributed by atoms with Crippen molar-refractivity contribution in [3.63, 3.8) is 0 Å². The fourth-order valence-electron chi connectivity index (χ4n) is 3.53. The number of pyridine rings is 1. The number of carbonyl (C=O) groups is 2. The van der Waals surface area contributed by atoms with Gasteiger partial charge in [0.05, 0.1) is 22.6 Å². The summed E-state index contributed by atoms with van der Waals surface area (Å²) in [6, 6.07) is 0.872. The fourth-order valence-corrected chi connectivity index (χ4v) is 4.79. The molecule has 4 rings (SSSR count). The van der Waals surface area contributed by atoms with E-state index in [9.17, 15) is 22.8 Å². The summed E-state index contributed by atoms with van der Waals surface area (Å²) in [4.78, 5) is 28.7. The van der Waals surface area contributed by atoms with E-state index in [1.165, 1.54) is 17.9 Å². The van der Waals surface area contributed by atoms with E-state index in [-0.39, 0.29) is 37.1 Å². The minimum Gasteiger partial charge on any atom is -0.365 e. The van der Waals surface area contributed by atoms with Crippen LogP contribution in [0.25, 0.3) is 21.3 Å². The molecule has 2 amide bonds. The smallest absolute Gasteiger partial charge is 0.365 e. The molecule has 0 radical (unpaired) electrons. The number of hydrogen-bond acceptors (Lipinski definition) is 6. The maximum absolute atomic E-state index is 13.7.